The molecule has 10 nitrogen and oxygen atoms in total. The van der Waals surface area contributed by atoms with E-state index in [2.05, 4.69) is 21.2 Å². The number of benzene rings is 1. The number of carbonyl (C=O) groups excluding carboxylic acids is 4. The van der Waals surface area contributed by atoms with Crippen LogP contribution in [-0.4, -0.2) is 80.8 Å². The van der Waals surface area contributed by atoms with E-state index < -0.39 is 72.2 Å². The molecule has 7 unspecified atom stereocenters. The molecule has 1 heterocycles. The van der Waals surface area contributed by atoms with Crippen LogP contribution in [0.1, 0.15) is 23.0 Å². The average Bonchev–Trinajstić information content (AvgIpc) is 2.90. The molecule has 0 radical (unpaired) electrons. The van der Waals surface area contributed by atoms with Gasteiger partial charge < -0.3 is 30.5 Å². The van der Waals surface area contributed by atoms with E-state index >= 15 is 0 Å². The second-order valence-electron chi connectivity index (χ2n) is 9.46. The minimum Gasteiger partial charge on any atom is -0.394 e. The maximum absolute atomic E-state index is 14.0. The van der Waals surface area contributed by atoms with Crippen molar-refractivity contribution >= 4 is 39.1 Å². The molecule has 1 fully saturated rings. The van der Waals surface area contributed by atoms with Crippen molar-refractivity contribution in [3.63, 3.8) is 0 Å². The van der Waals surface area contributed by atoms with Gasteiger partial charge in [0.1, 0.15) is 30.1 Å². The first-order chi connectivity index (χ1) is 17.7. The third-order valence-electron chi connectivity index (χ3n) is 7.62. The predicted octanol–water partition coefficient (Wildman–Crippen LogP) is -0.670. The Morgan fingerprint density at radius 1 is 0.811 bits per heavy atom. The van der Waals surface area contributed by atoms with Gasteiger partial charge in [-0.15, -0.1) is 0 Å². The summed E-state index contributed by atoms with van der Waals surface area (Å²) >= 11 is 3.18. The first-order valence-corrected chi connectivity index (χ1v) is 12.4. The van der Waals surface area contributed by atoms with E-state index in [1.165, 1.54) is 6.08 Å². The number of rotatable bonds is 3. The number of Topliss-reactive ketones (excluding diaryl/α,β-unsaturated/α-hetero) is 2. The van der Waals surface area contributed by atoms with Crippen LogP contribution < -0.4 is 5.32 Å². The summed E-state index contributed by atoms with van der Waals surface area (Å²) in [6.45, 7) is -0.664. The van der Waals surface area contributed by atoms with Crippen LogP contribution in [0, 0.1) is 0 Å². The molecule has 5 N–H and O–H groups in total. The molecule has 6 aliphatic rings. The van der Waals surface area contributed by atoms with E-state index in [1.807, 2.05) is 0 Å². The Labute approximate surface area is 217 Å². The van der Waals surface area contributed by atoms with Gasteiger partial charge in [0.05, 0.1) is 11.1 Å². The zero-order valence-electron chi connectivity index (χ0n) is 18.9. The summed E-state index contributed by atoms with van der Waals surface area (Å²) in [5.41, 5.74) is 1.52. The van der Waals surface area contributed by atoms with Crippen molar-refractivity contribution in [3.8, 4) is 0 Å². The number of hydrogen-bond donors (Lipinski definition) is 5. The lowest BCUT2D eigenvalue weighted by Crippen LogP contribution is -2.63. The molecule has 1 saturated heterocycles. The molecule has 7 atom stereocenters. The number of allylic oxidation sites excluding steroid dienone is 7. The molecule has 2 bridgehead atoms. The SMILES string of the molecule is O=C1C=CC(=O)C2=C1C1C3=C(C(=O)C(NC4C(O)OC(CO)C(O)C4O)=C(Br)C3=O)C2c2ccccc21. The molecule has 37 heavy (non-hydrogen) atoms. The summed E-state index contributed by atoms with van der Waals surface area (Å²) in [5, 5.41) is 43.2. The molecule has 1 aromatic carbocycles. The van der Waals surface area contributed by atoms with Crippen molar-refractivity contribution in [2.75, 3.05) is 6.61 Å². The quantitative estimate of drug-likeness (QED) is 0.294. The minimum absolute atomic E-state index is 0.0455. The molecule has 5 aliphatic carbocycles. The fourth-order valence-electron chi connectivity index (χ4n) is 5.97. The van der Waals surface area contributed by atoms with Crippen molar-refractivity contribution < 1.29 is 44.3 Å². The number of ether oxygens (including phenoxy) is 1. The maximum atomic E-state index is 14.0. The molecule has 0 spiro atoms. The van der Waals surface area contributed by atoms with Gasteiger partial charge in [-0.3, -0.25) is 19.2 Å². The number of aliphatic hydroxyl groups excluding tert-OH is 4. The fourth-order valence-corrected chi connectivity index (χ4v) is 6.48. The van der Waals surface area contributed by atoms with Gasteiger partial charge in [-0.05, 0) is 39.2 Å². The van der Waals surface area contributed by atoms with E-state index in [0.29, 0.717) is 11.1 Å². The van der Waals surface area contributed by atoms with Gasteiger partial charge in [-0.1, -0.05) is 24.3 Å². The summed E-state index contributed by atoms with van der Waals surface area (Å²) < 4.78 is 4.97. The van der Waals surface area contributed by atoms with Gasteiger partial charge in [0.2, 0.25) is 5.78 Å². The largest absolute Gasteiger partial charge is 0.394 e. The Bertz CT molecular complexity index is 1440. The molecule has 0 saturated carbocycles. The van der Waals surface area contributed by atoms with Crippen molar-refractivity contribution in [1.29, 1.82) is 0 Å². The zero-order valence-corrected chi connectivity index (χ0v) is 20.5. The number of hydrogen-bond acceptors (Lipinski definition) is 10. The minimum atomic E-state index is -1.73. The van der Waals surface area contributed by atoms with E-state index in [4.69, 9.17) is 4.74 Å². The summed E-state index contributed by atoms with van der Waals surface area (Å²) in [6, 6.07) is 5.60. The van der Waals surface area contributed by atoms with Crippen LogP contribution >= 0.6 is 15.9 Å². The highest BCUT2D eigenvalue weighted by Gasteiger charge is 2.55. The van der Waals surface area contributed by atoms with Crippen molar-refractivity contribution in [2.45, 2.75) is 42.5 Å². The van der Waals surface area contributed by atoms with Gasteiger partial charge in [0.25, 0.3) is 0 Å². The number of halogens is 1. The first-order valence-electron chi connectivity index (χ1n) is 11.6. The van der Waals surface area contributed by atoms with Gasteiger partial charge in [-0.2, -0.15) is 0 Å². The number of nitrogens with one attached hydrogen (secondary N) is 1. The molecule has 1 aliphatic heterocycles. The highest BCUT2D eigenvalue weighted by molar-refractivity contribution is 9.12. The first kappa shape index (κ1) is 24.3. The van der Waals surface area contributed by atoms with Crippen LogP contribution in [0.5, 0.6) is 0 Å². The molecule has 7 rings (SSSR count). The highest BCUT2D eigenvalue weighted by Crippen LogP contribution is 2.59. The molecule has 0 aromatic heterocycles. The predicted molar refractivity (Wildman–Crippen MR) is 128 cm³/mol. The van der Waals surface area contributed by atoms with Crippen molar-refractivity contribution in [1.82, 2.24) is 5.32 Å². The lowest BCUT2D eigenvalue weighted by molar-refractivity contribution is -0.253. The lowest BCUT2D eigenvalue weighted by Gasteiger charge is -2.45. The van der Waals surface area contributed by atoms with Crippen LogP contribution in [-0.2, 0) is 23.9 Å². The molecule has 0 amide bonds. The summed E-state index contributed by atoms with van der Waals surface area (Å²) in [7, 11) is 0. The highest BCUT2D eigenvalue weighted by atomic mass is 79.9. The number of aliphatic hydroxyl groups is 4. The fraction of sp³-hybridized carbons (Fsp3) is 0.308. The molecule has 11 heteroatoms. The van der Waals surface area contributed by atoms with Crippen LogP contribution in [0.15, 0.2) is 68.9 Å². The second-order valence-corrected chi connectivity index (χ2v) is 10.3. The normalized spacial score (nSPS) is 34.7. The second kappa shape index (κ2) is 8.48. The van der Waals surface area contributed by atoms with Crippen LogP contribution in [0.3, 0.4) is 0 Å². The molecular weight excluding hydrogens is 550 g/mol. The zero-order chi connectivity index (χ0) is 26.3. The average molecular weight is 570 g/mol. The summed E-state index contributed by atoms with van der Waals surface area (Å²) in [6.07, 6.45) is -3.89. The number of carbonyl (C=O) groups is 4. The molecular formula is C26H20BrNO9. The van der Waals surface area contributed by atoms with Gasteiger partial charge in [-0.25, -0.2) is 0 Å². The van der Waals surface area contributed by atoms with Gasteiger partial charge in [0.15, 0.2) is 23.6 Å². The Hall–Kier alpha value is -3.06. The van der Waals surface area contributed by atoms with Crippen LogP contribution in [0.25, 0.3) is 0 Å². The summed E-state index contributed by atoms with van der Waals surface area (Å²) in [4.78, 5) is 53.6. The van der Waals surface area contributed by atoms with Crippen LogP contribution in [0.2, 0.25) is 0 Å². The third-order valence-corrected chi connectivity index (χ3v) is 8.37. The monoisotopic (exact) mass is 569 g/mol. The van der Waals surface area contributed by atoms with Crippen molar-refractivity contribution in [2.24, 2.45) is 0 Å². The van der Waals surface area contributed by atoms with Crippen LogP contribution in [0.4, 0.5) is 0 Å². The Morgan fingerprint density at radius 2 is 1.35 bits per heavy atom. The standard InChI is InChI=1S/C26H20BrNO9/c27-19-20(28-21-25(35)22(32)12(7-29)37-26(21)36)24(34)18-14-9-4-2-1-3-8(9)13(17(18)23(19)33)15-10(30)5-6-11(31)16(14)15/h1-6,12-14,21-22,25-26,28-29,32,35-36H,7H2. The Balaban J connectivity index is 1.45. The van der Waals surface area contributed by atoms with Crippen molar-refractivity contribution in [3.05, 3.63) is 80.0 Å². The third kappa shape index (κ3) is 3.22. The lowest BCUT2D eigenvalue weighted by atomic mass is 9.56. The van der Waals surface area contributed by atoms with E-state index in [-0.39, 0.29) is 32.5 Å². The van der Waals surface area contributed by atoms with E-state index in [1.54, 1.807) is 24.3 Å². The van der Waals surface area contributed by atoms with Gasteiger partial charge >= 0.3 is 0 Å². The van der Waals surface area contributed by atoms with E-state index in [9.17, 15) is 39.6 Å². The molecule has 190 valence electrons. The smallest absolute Gasteiger partial charge is 0.207 e. The molecule has 1 aromatic rings. The number of ketones is 4. The van der Waals surface area contributed by atoms with Gasteiger partial charge in [0, 0.05) is 34.1 Å². The van der Waals surface area contributed by atoms with E-state index in [0.717, 1.165) is 6.08 Å². The Kier molecular flexibility index (Phi) is 5.57. The topological polar surface area (TPSA) is 170 Å². The maximum Gasteiger partial charge on any atom is 0.207 e. The Morgan fingerprint density at radius 3 is 1.89 bits per heavy atom. The summed E-state index contributed by atoms with van der Waals surface area (Å²) in [5.74, 6) is -3.92.